The first-order valence-electron chi connectivity index (χ1n) is 14.7. The first kappa shape index (κ1) is 32.6. The Morgan fingerprint density at radius 3 is 2.25 bits per heavy atom. The van der Waals surface area contributed by atoms with Crippen LogP contribution in [0.1, 0.15) is 41.4 Å². The van der Waals surface area contributed by atoms with Gasteiger partial charge in [-0.25, -0.2) is 0 Å². The van der Waals surface area contributed by atoms with Crippen LogP contribution in [0.5, 0.6) is 5.75 Å². The van der Waals surface area contributed by atoms with Gasteiger partial charge in [0.1, 0.15) is 11.4 Å². The van der Waals surface area contributed by atoms with Gasteiger partial charge in [0.15, 0.2) is 0 Å². The molecule has 0 saturated carbocycles. The number of rotatable bonds is 6. The third-order valence-electron chi connectivity index (χ3n) is 7.64. The van der Waals surface area contributed by atoms with Gasteiger partial charge in [-0.2, -0.15) is 0 Å². The number of aromatic amines is 1. The molecule has 6 nitrogen and oxygen atoms in total. The molecule has 1 N–H and O–H groups in total. The molecule has 1 unspecified atom stereocenters. The summed E-state index contributed by atoms with van der Waals surface area (Å²) in [7, 11) is 7.00. The SMILES string of the molecule is C/C=C\C.COC.COc1ccc2[nH]c(C(=O)N3CC(CCl)c4c3cc(N(C)Cc3ccccc3)c3ccccc43)cc2c1. The number of carbonyl (C=O) groups excluding carboxylic acids is 1. The molecule has 1 atom stereocenters. The monoisotopic (exact) mass is 611 g/mol. The largest absolute Gasteiger partial charge is 0.497 e. The molecule has 1 aliphatic heterocycles. The van der Waals surface area contributed by atoms with Crippen molar-refractivity contribution in [2.45, 2.75) is 26.3 Å². The van der Waals surface area contributed by atoms with Gasteiger partial charge < -0.3 is 24.3 Å². The second-order valence-electron chi connectivity index (χ2n) is 10.7. The van der Waals surface area contributed by atoms with Crippen molar-refractivity contribution in [3.05, 3.63) is 114 Å². The molecule has 0 fully saturated rings. The number of hydrogen-bond acceptors (Lipinski definition) is 4. The number of methoxy groups -OCH3 is 2. The average Bonchev–Trinajstić information content (AvgIpc) is 3.66. The van der Waals surface area contributed by atoms with E-state index >= 15 is 0 Å². The van der Waals surface area contributed by atoms with Crippen LogP contribution in [0.3, 0.4) is 0 Å². The van der Waals surface area contributed by atoms with Gasteiger partial charge in [0, 0.05) is 68.1 Å². The standard InChI is InChI=1S/C31H28ClN3O2.C4H8.C2H6O/c1-34(18-20-8-4-3-5-9-20)28-16-29-30(25-11-7-6-10-24(25)28)22(17-32)19-35(29)31(36)27-15-21-14-23(37-2)12-13-26(21)33-27;1-3-4-2;1-3-2/h3-16,22,33H,17-19H2,1-2H3;3-4H,1-2H3;1-2H3/b;4-3-;. The number of carbonyl (C=O) groups is 1. The number of H-pyrrole nitrogens is 1. The third kappa shape index (κ3) is 7.09. The van der Waals surface area contributed by atoms with Crippen LogP contribution in [-0.2, 0) is 11.3 Å². The van der Waals surface area contributed by atoms with E-state index < -0.39 is 0 Å². The van der Waals surface area contributed by atoms with Gasteiger partial charge in [0.25, 0.3) is 5.91 Å². The number of allylic oxidation sites excluding steroid dienone is 2. The number of fused-ring (bicyclic) bond motifs is 4. The van der Waals surface area contributed by atoms with E-state index in [2.05, 4.69) is 76.3 Å². The summed E-state index contributed by atoms with van der Waals surface area (Å²) in [5, 5.41) is 3.26. The van der Waals surface area contributed by atoms with Gasteiger partial charge in [0.2, 0.25) is 0 Å². The minimum absolute atomic E-state index is 0.0588. The lowest BCUT2D eigenvalue weighted by Crippen LogP contribution is -2.30. The van der Waals surface area contributed by atoms with Crippen molar-refractivity contribution >= 4 is 50.6 Å². The molecule has 0 bridgehead atoms. The van der Waals surface area contributed by atoms with Crippen LogP contribution in [0.15, 0.2) is 97.1 Å². The van der Waals surface area contributed by atoms with E-state index in [0.29, 0.717) is 18.1 Å². The van der Waals surface area contributed by atoms with Crippen molar-refractivity contribution < 1.29 is 14.3 Å². The second kappa shape index (κ2) is 15.5. The third-order valence-corrected chi connectivity index (χ3v) is 8.01. The highest BCUT2D eigenvalue weighted by Crippen LogP contribution is 2.46. The summed E-state index contributed by atoms with van der Waals surface area (Å²) >= 11 is 6.49. The zero-order valence-corrected chi connectivity index (χ0v) is 27.2. The number of benzene rings is 4. The number of nitrogens with one attached hydrogen (secondary N) is 1. The summed E-state index contributed by atoms with van der Waals surface area (Å²) in [6.45, 7) is 5.31. The quantitative estimate of drug-likeness (QED) is 0.154. The Bertz CT molecular complexity index is 1710. The van der Waals surface area contributed by atoms with E-state index in [4.69, 9.17) is 16.3 Å². The highest BCUT2D eigenvalue weighted by Gasteiger charge is 2.35. The summed E-state index contributed by atoms with van der Waals surface area (Å²) < 4.78 is 9.61. The van der Waals surface area contributed by atoms with E-state index in [1.54, 1.807) is 21.3 Å². The normalized spacial score (nSPS) is 13.7. The van der Waals surface area contributed by atoms with Gasteiger partial charge in [-0.1, -0.05) is 66.7 Å². The average molecular weight is 612 g/mol. The van der Waals surface area contributed by atoms with Crippen LogP contribution in [0.4, 0.5) is 11.4 Å². The molecule has 0 spiro atoms. The Morgan fingerprint density at radius 2 is 1.61 bits per heavy atom. The molecule has 0 aliphatic carbocycles. The smallest absolute Gasteiger partial charge is 0.274 e. The Balaban J connectivity index is 0.000000576. The van der Waals surface area contributed by atoms with E-state index in [9.17, 15) is 4.79 Å². The van der Waals surface area contributed by atoms with E-state index in [1.165, 1.54) is 10.9 Å². The van der Waals surface area contributed by atoms with E-state index in [1.807, 2.05) is 61.2 Å². The Labute approximate surface area is 265 Å². The lowest BCUT2D eigenvalue weighted by atomic mass is 9.94. The number of amides is 1. The molecule has 4 aromatic carbocycles. The zero-order chi connectivity index (χ0) is 31.6. The van der Waals surface area contributed by atoms with Crippen molar-refractivity contribution in [1.82, 2.24) is 4.98 Å². The molecule has 7 heteroatoms. The van der Waals surface area contributed by atoms with Gasteiger partial charge in [-0.15, -0.1) is 11.6 Å². The maximum absolute atomic E-state index is 13.9. The van der Waals surface area contributed by atoms with Crippen molar-refractivity contribution in [2.24, 2.45) is 0 Å². The molecule has 1 amide bonds. The highest BCUT2D eigenvalue weighted by molar-refractivity contribution is 6.19. The minimum Gasteiger partial charge on any atom is -0.497 e. The summed E-state index contributed by atoms with van der Waals surface area (Å²) in [6.07, 6.45) is 4.00. The first-order valence-corrected chi connectivity index (χ1v) is 15.3. The van der Waals surface area contributed by atoms with Gasteiger partial charge in [-0.3, -0.25) is 4.79 Å². The molecule has 0 radical (unpaired) electrons. The molecular weight excluding hydrogens is 570 g/mol. The number of hydrogen-bond donors (Lipinski definition) is 1. The van der Waals surface area contributed by atoms with Crippen LogP contribution < -0.4 is 14.5 Å². The zero-order valence-electron chi connectivity index (χ0n) is 26.4. The second-order valence-corrected chi connectivity index (χ2v) is 11.0. The van der Waals surface area contributed by atoms with Gasteiger partial charge in [0.05, 0.1) is 12.8 Å². The fourth-order valence-corrected chi connectivity index (χ4v) is 5.75. The molecule has 1 aliphatic rings. The highest BCUT2D eigenvalue weighted by atomic mass is 35.5. The van der Waals surface area contributed by atoms with E-state index in [-0.39, 0.29) is 11.8 Å². The molecule has 6 rings (SSSR count). The molecule has 0 saturated heterocycles. The summed E-state index contributed by atoms with van der Waals surface area (Å²) in [6, 6.07) is 28.7. The number of anilines is 2. The van der Waals surface area contributed by atoms with Gasteiger partial charge in [-0.05, 0) is 60.7 Å². The van der Waals surface area contributed by atoms with Crippen molar-refractivity contribution in [2.75, 3.05) is 50.6 Å². The van der Waals surface area contributed by atoms with Crippen molar-refractivity contribution in [3.63, 3.8) is 0 Å². The first-order chi connectivity index (χ1) is 21.4. The summed E-state index contributed by atoms with van der Waals surface area (Å²) in [5.41, 5.74) is 5.85. The van der Waals surface area contributed by atoms with Crippen LogP contribution in [-0.4, -0.2) is 51.7 Å². The Hall–Kier alpha value is -4.26. The predicted octanol–water partition coefficient (Wildman–Crippen LogP) is 8.79. The Morgan fingerprint density at radius 1 is 0.955 bits per heavy atom. The van der Waals surface area contributed by atoms with Crippen molar-refractivity contribution in [1.29, 1.82) is 0 Å². The number of halogens is 1. The van der Waals surface area contributed by atoms with Gasteiger partial charge >= 0.3 is 0 Å². The fraction of sp³-hybridized carbons (Fsp3) is 0.270. The Kier molecular flexibility index (Phi) is 11.5. The van der Waals surface area contributed by atoms with Crippen LogP contribution >= 0.6 is 11.6 Å². The number of ether oxygens (including phenoxy) is 2. The van der Waals surface area contributed by atoms with Crippen LogP contribution in [0.25, 0.3) is 21.7 Å². The molecular formula is C37H42ClN3O3. The van der Waals surface area contributed by atoms with E-state index in [0.717, 1.165) is 45.5 Å². The molecule has 5 aromatic rings. The summed E-state index contributed by atoms with van der Waals surface area (Å²) in [5.74, 6) is 1.21. The predicted molar refractivity (Wildman–Crippen MR) is 186 cm³/mol. The molecule has 44 heavy (non-hydrogen) atoms. The molecule has 1 aromatic heterocycles. The lowest BCUT2D eigenvalue weighted by Gasteiger charge is -2.25. The van der Waals surface area contributed by atoms with Crippen LogP contribution in [0.2, 0.25) is 0 Å². The number of aromatic nitrogens is 1. The number of alkyl halides is 1. The fourth-order valence-electron chi connectivity index (χ4n) is 5.50. The topological polar surface area (TPSA) is 57.8 Å². The minimum atomic E-state index is -0.0593. The number of nitrogens with zero attached hydrogens (tertiary/aromatic N) is 2. The molecule has 2 heterocycles. The lowest BCUT2D eigenvalue weighted by molar-refractivity contribution is 0.0984. The molecule has 230 valence electrons. The van der Waals surface area contributed by atoms with Crippen molar-refractivity contribution in [3.8, 4) is 5.75 Å². The maximum Gasteiger partial charge on any atom is 0.274 e. The van der Waals surface area contributed by atoms with Crippen LogP contribution in [0, 0.1) is 0 Å². The maximum atomic E-state index is 13.9. The summed E-state index contributed by atoms with van der Waals surface area (Å²) in [4.78, 5) is 21.4.